The zero-order chi connectivity index (χ0) is 30.1. The first-order valence-electron chi connectivity index (χ1n) is 11.5. The fourth-order valence-corrected chi connectivity index (χ4v) is 5.21. The summed E-state index contributed by atoms with van der Waals surface area (Å²) in [5.41, 5.74) is 0.269. The van der Waals surface area contributed by atoms with Crippen LogP contribution < -0.4 is 15.4 Å². The molecule has 4 rings (SSSR count). The van der Waals surface area contributed by atoms with E-state index in [1.54, 1.807) is 31.2 Å². The monoisotopic (exact) mass is 623 g/mol. The summed E-state index contributed by atoms with van der Waals surface area (Å²) in [4.78, 5) is 10.6. The number of nitrogens with zero attached hydrogens (tertiary/aromatic N) is 5. The average molecular weight is 624 g/mol. The number of rotatable bonds is 9. The van der Waals surface area contributed by atoms with Crippen LogP contribution >= 0.6 is 11.6 Å². The van der Waals surface area contributed by atoms with Gasteiger partial charge in [-0.3, -0.25) is 9.11 Å². The highest BCUT2D eigenvalue weighted by atomic mass is 35.5. The lowest BCUT2D eigenvalue weighted by Crippen LogP contribution is -2.06. The van der Waals surface area contributed by atoms with Gasteiger partial charge in [0.2, 0.25) is 17.2 Å². The van der Waals surface area contributed by atoms with Gasteiger partial charge < -0.3 is 20.5 Å². The van der Waals surface area contributed by atoms with Crippen molar-refractivity contribution in [2.75, 3.05) is 24.3 Å². The summed E-state index contributed by atoms with van der Waals surface area (Å²) in [5, 5.41) is 25.5. The first kappa shape index (κ1) is 29.8. The van der Waals surface area contributed by atoms with Crippen molar-refractivity contribution in [3.63, 3.8) is 0 Å². The second-order valence-electron chi connectivity index (χ2n) is 8.35. The molecule has 0 aliphatic rings. The quantitative estimate of drug-likeness (QED) is 0.125. The van der Waals surface area contributed by atoms with Crippen LogP contribution in [0.25, 0.3) is 10.8 Å². The number of anilines is 3. The molecular formula is C23H22ClN7O8S2. The maximum Gasteiger partial charge on any atom is 0.298 e. The van der Waals surface area contributed by atoms with Gasteiger partial charge in [0.05, 0.1) is 7.11 Å². The predicted molar refractivity (Wildman–Crippen MR) is 149 cm³/mol. The van der Waals surface area contributed by atoms with Crippen LogP contribution in [0.15, 0.2) is 56.4 Å². The Bertz CT molecular complexity index is 1920. The van der Waals surface area contributed by atoms with Crippen LogP contribution in [0.4, 0.5) is 29.0 Å². The minimum absolute atomic E-state index is 0.0135. The van der Waals surface area contributed by atoms with E-state index in [1.807, 2.05) is 6.92 Å². The van der Waals surface area contributed by atoms with Gasteiger partial charge in [0.1, 0.15) is 26.9 Å². The van der Waals surface area contributed by atoms with Crippen LogP contribution in [0.5, 0.6) is 11.5 Å². The number of phenolic OH excluding ortho intramolecular Hbond substituents is 1. The van der Waals surface area contributed by atoms with Crippen LogP contribution in [0.1, 0.15) is 12.5 Å². The van der Waals surface area contributed by atoms with E-state index in [2.05, 4.69) is 35.8 Å². The number of azo groups is 1. The third-order valence-corrected chi connectivity index (χ3v) is 7.46. The van der Waals surface area contributed by atoms with E-state index < -0.39 is 41.5 Å². The van der Waals surface area contributed by atoms with Crippen LogP contribution in [-0.2, 0) is 20.2 Å². The Morgan fingerprint density at radius 3 is 2.27 bits per heavy atom. The van der Waals surface area contributed by atoms with Gasteiger partial charge in [0.25, 0.3) is 20.2 Å². The summed E-state index contributed by atoms with van der Waals surface area (Å²) in [5.74, 6) is -0.391. The minimum atomic E-state index is -4.93. The molecule has 15 nitrogen and oxygen atoms in total. The normalized spacial score (nSPS) is 12.1. The zero-order valence-corrected chi connectivity index (χ0v) is 23.9. The fraction of sp³-hybridized carbons (Fsp3) is 0.174. The molecule has 0 unspecified atom stereocenters. The molecule has 0 saturated carbocycles. The number of hydrogen-bond donors (Lipinski definition) is 5. The minimum Gasteiger partial charge on any atom is -0.505 e. The van der Waals surface area contributed by atoms with E-state index in [4.69, 9.17) is 16.3 Å². The lowest BCUT2D eigenvalue weighted by atomic mass is 10.0. The van der Waals surface area contributed by atoms with Gasteiger partial charge >= 0.3 is 0 Å². The number of hydrogen-bond acceptors (Lipinski definition) is 13. The molecule has 0 bridgehead atoms. The molecule has 1 heterocycles. The highest BCUT2D eigenvalue weighted by molar-refractivity contribution is 7.86. The zero-order valence-electron chi connectivity index (χ0n) is 21.5. The number of nitrogens with one attached hydrogen (secondary N) is 2. The molecule has 0 atom stereocenters. The van der Waals surface area contributed by atoms with Gasteiger partial charge in [-0.2, -0.15) is 31.8 Å². The molecule has 3 aromatic carbocycles. The molecule has 0 aliphatic carbocycles. The summed E-state index contributed by atoms with van der Waals surface area (Å²) in [6.45, 7) is 4.05. The Balaban J connectivity index is 1.76. The molecule has 0 spiro atoms. The number of phenols is 1. The summed E-state index contributed by atoms with van der Waals surface area (Å²) >= 11 is 5.97. The van der Waals surface area contributed by atoms with Gasteiger partial charge in [0, 0.05) is 23.7 Å². The van der Waals surface area contributed by atoms with Crippen LogP contribution in [0, 0.1) is 6.92 Å². The molecule has 0 saturated heterocycles. The molecular weight excluding hydrogens is 602 g/mol. The third-order valence-electron chi connectivity index (χ3n) is 5.53. The summed E-state index contributed by atoms with van der Waals surface area (Å²) in [7, 11) is -8.77. The number of ether oxygens (including phenoxy) is 1. The fourth-order valence-electron chi connectivity index (χ4n) is 3.77. The number of aryl methyl sites for hydroxylation is 1. The second-order valence-corrected chi connectivity index (χ2v) is 11.5. The Kier molecular flexibility index (Phi) is 8.27. The van der Waals surface area contributed by atoms with Crippen LogP contribution in [0.3, 0.4) is 0 Å². The number of halogens is 1. The summed E-state index contributed by atoms with van der Waals surface area (Å²) < 4.78 is 71.5. The number of aromatic nitrogens is 3. The van der Waals surface area contributed by atoms with Gasteiger partial charge in [-0.25, -0.2) is 0 Å². The van der Waals surface area contributed by atoms with Crippen molar-refractivity contribution in [1.82, 2.24) is 15.0 Å². The lowest BCUT2D eigenvalue weighted by molar-refractivity contribution is 0.395. The molecule has 0 amide bonds. The van der Waals surface area contributed by atoms with Crippen molar-refractivity contribution in [3.8, 4) is 11.5 Å². The predicted octanol–water partition coefficient (Wildman–Crippen LogP) is 4.79. The van der Waals surface area contributed by atoms with Crippen molar-refractivity contribution < 1.29 is 35.8 Å². The molecule has 18 heteroatoms. The van der Waals surface area contributed by atoms with Gasteiger partial charge in [0.15, 0.2) is 5.75 Å². The summed E-state index contributed by atoms with van der Waals surface area (Å²) in [6.07, 6.45) is 0. The second kappa shape index (κ2) is 11.4. The molecule has 0 aliphatic heterocycles. The lowest BCUT2D eigenvalue weighted by Gasteiger charge is -2.12. The van der Waals surface area contributed by atoms with Gasteiger partial charge in [-0.15, -0.1) is 10.2 Å². The van der Waals surface area contributed by atoms with E-state index in [9.17, 15) is 31.0 Å². The maximum absolute atomic E-state index is 11.9. The van der Waals surface area contributed by atoms with Crippen molar-refractivity contribution in [3.05, 3.63) is 47.2 Å². The van der Waals surface area contributed by atoms with E-state index in [1.165, 1.54) is 0 Å². The Labute approximate surface area is 238 Å². The number of aromatic hydroxyl groups is 1. The molecule has 0 fully saturated rings. The SMILES string of the molecule is CCNc1nc(Cl)nc(Nc2ccc3c(O)c(N=Nc4cc(S(=O)(=O)O)c(OC)cc4S(=O)(=O)O)c(C)cc3c2)n1. The first-order chi connectivity index (χ1) is 19.2. The van der Waals surface area contributed by atoms with E-state index in [0.29, 0.717) is 40.7 Å². The van der Waals surface area contributed by atoms with Gasteiger partial charge in [-0.1, -0.05) is 0 Å². The molecule has 0 radical (unpaired) electrons. The largest absolute Gasteiger partial charge is 0.505 e. The average Bonchev–Trinajstić information content (AvgIpc) is 2.86. The number of methoxy groups -OCH3 is 1. The van der Waals surface area contributed by atoms with Crippen LogP contribution in [0.2, 0.25) is 5.28 Å². The Morgan fingerprint density at radius 1 is 0.951 bits per heavy atom. The van der Waals surface area contributed by atoms with Crippen molar-refractivity contribution in [1.29, 1.82) is 0 Å². The molecule has 1 aromatic heterocycles. The van der Waals surface area contributed by atoms with E-state index in [-0.39, 0.29) is 28.6 Å². The highest BCUT2D eigenvalue weighted by Gasteiger charge is 2.25. The van der Waals surface area contributed by atoms with Crippen LogP contribution in [-0.4, -0.2) is 59.7 Å². The number of benzene rings is 3. The van der Waals surface area contributed by atoms with E-state index >= 15 is 0 Å². The Morgan fingerprint density at radius 2 is 1.63 bits per heavy atom. The van der Waals surface area contributed by atoms with Crippen molar-refractivity contribution >= 4 is 71.6 Å². The topological polar surface area (TPSA) is 226 Å². The molecule has 216 valence electrons. The first-order valence-corrected chi connectivity index (χ1v) is 14.7. The molecule has 5 N–H and O–H groups in total. The Hall–Kier alpha value is -4.16. The van der Waals surface area contributed by atoms with E-state index in [0.717, 1.165) is 7.11 Å². The molecule has 41 heavy (non-hydrogen) atoms. The van der Waals surface area contributed by atoms with Crippen molar-refractivity contribution in [2.45, 2.75) is 23.6 Å². The smallest absolute Gasteiger partial charge is 0.298 e. The maximum atomic E-state index is 11.9. The molecule has 4 aromatic rings. The third kappa shape index (κ3) is 6.60. The van der Waals surface area contributed by atoms with Crippen molar-refractivity contribution in [2.24, 2.45) is 10.2 Å². The standard InChI is InChI=1S/C23H22ClN7O8S2/c1-4-25-22-27-21(24)28-23(29-22)26-13-5-6-14-12(8-13)7-11(2)19(20(14)32)31-30-15-9-18(41(36,37)38)16(39-3)10-17(15)40(33,34)35/h5-10,32H,4H2,1-3H3,(H,33,34,35)(H,36,37,38)(H2,25,26,27,28,29). The number of fused-ring (bicyclic) bond motifs is 1. The summed E-state index contributed by atoms with van der Waals surface area (Å²) in [6, 6.07) is 7.91. The highest BCUT2D eigenvalue weighted by Crippen LogP contribution is 2.41. The van der Waals surface area contributed by atoms with Gasteiger partial charge in [-0.05, 0) is 66.7 Å².